The quantitative estimate of drug-likeness (QED) is 0.923. The SMILES string of the molecule is CCNC(=O)c1c2c(cn(-c3ccc(C)cc3)c1=O)C(=O)CC(C)(C)C2. The minimum atomic E-state index is -0.416. The van der Waals surface area contributed by atoms with Crippen LogP contribution in [0, 0.1) is 12.3 Å². The van der Waals surface area contributed by atoms with E-state index < -0.39 is 5.91 Å². The lowest BCUT2D eigenvalue weighted by molar-refractivity contribution is 0.0909. The van der Waals surface area contributed by atoms with Crippen molar-refractivity contribution < 1.29 is 9.59 Å². The molecular weight excluding hydrogens is 328 g/mol. The third-order valence-electron chi connectivity index (χ3n) is 4.79. The Bertz CT molecular complexity index is 937. The van der Waals surface area contributed by atoms with E-state index in [2.05, 4.69) is 5.32 Å². The molecule has 1 aromatic heterocycles. The van der Waals surface area contributed by atoms with Crippen molar-refractivity contribution in [1.29, 1.82) is 0 Å². The van der Waals surface area contributed by atoms with Crippen LogP contribution in [0.15, 0.2) is 35.3 Å². The molecule has 1 N–H and O–H groups in total. The first-order chi connectivity index (χ1) is 12.2. The van der Waals surface area contributed by atoms with Gasteiger partial charge in [0.2, 0.25) is 0 Å². The van der Waals surface area contributed by atoms with Crippen LogP contribution < -0.4 is 10.9 Å². The Hall–Kier alpha value is -2.69. The van der Waals surface area contributed by atoms with Crippen molar-refractivity contribution >= 4 is 11.7 Å². The summed E-state index contributed by atoms with van der Waals surface area (Å²) in [6, 6.07) is 7.44. The van der Waals surface area contributed by atoms with E-state index in [-0.39, 0.29) is 22.3 Å². The average molecular weight is 352 g/mol. The normalized spacial score (nSPS) is 15.5. The first kappa shape index (κ1) is 18.1. The second-order valence-corrected chi connectivity index (χ2v) is 7.71. The maximum Gasteiger partial charge on any atom is 0.268 e. The molecule has 0 saturated heterocycles. The fourth-order valence-corrected chi connectivity index (χ4v) is 3.52. The van der Waals surface area contributed by atoms with Gasteiger partial charge in [-0.15, -0.1) is 0 Å². The third kappa shape index (κ3) is 3.21. The number of nitrogens with one attached hydrogen (secondary N) is 1. The number of nitrogens with zero attached hydrogens (tertiary/aromatic N) is 1. The molecule has 0 unspecified atom stereocenters. The molecule has 1 heterocycles. The number of pyridine rings is 1. The van der Waals surface area contributed by atoms with Crippen molar-refractivity contribution in [3.63, 3.8) is 0 Å². The number of amides is 1. The predicted octanol–water partition coefficient (Wildman–Crippen LogP) is 3.05. The Balaban J connectivity index is 2.30. The number of rotatable bonds is 3. The fourth-order valence-electron chi connectivity index (χ4n) is 3.52. The molecule has 1 aliphatic rings. The lowest BCUT2D eigenvalue weighted by atomic mass is 9.73. The second-order valence-electron chi connectivity index (χ2n) is 7.71. The number of Topliss-reactive ketones (excluding diaryl/α,β-unsaturated/α-hetero) is 1. The van der Waals surface area contributed by atoms with Crippen LogP contribution in [0.1, 0.15) is 59.0 Å². The van der Waals surface area contributed by atoms with Gasteiger partial charge in [0.05, 0.1) is 0 Å². The predicted molar refractivity (Wildman–Crippen MR) is 101 cm³/mol. The molecule has 1 amide bonds. The number of carbonyl (C=O) groups excluding carboxylic acids is 2. The molecule has 1 aromatic carbocycles. The highest BCUT2D eigenvalue weighted by molar-refractivity contribution is 6.04. The van der Waals surface area contributed by atoms with E-state index in [9.17, 15) is 14.4 Å². The van der Waals surface area contributed by atoms with Gasteiger partial charge in [0, 0.05) is 30.4 Å². The number of benzene rings is 1. The molecule has 136 valence electrons. The fraction of sp³-hybridized carbons (Fsp3) is 0.381. The molecule has 0 saturated carbocycles. The summed E-state index contributed by atoms with van der Waals surface area (Å²) in [5.74, 6) is -0.441. The number of hydrogen-bond acceptors (Lipinski definition) is 3. The van der Waals surface area contributed by atoms with Crippen molar-refractivity contribution in [2.75, 3.05) is 6.54 Å². The van der Waals surface area contributed by atoms with Crippen LogP contribution >= 0.6 is 0 Å². The van der Waals surface area contributed by atoms with Crippen LogP contribution in [0.25, 0.3) is 5.69 Å². The van der Waals surface area contributed by atoms with Crippen LogP contribution in [0.4, 0.5) is 0 Å². The lowest BCUT2D eigenvalue weighted by Crippen LogP contribution is -2.39. The zero-order valence-electron chi connectivity index (χ0n) is 15.7. The van der Waals surface area contributed by atoms with E-state index >= 15 is 0 Å². The van der Waals surface area contributed by atoms with Gasteiger partial charge in [0.25, 0.3) is 11.5 Å². The van der Waals surface area contributed by atoms with Gasteiger partial charge in [0.15, 0.2) is 5.78 Å². The zero-order chi connectivity index (χ0) is 19.1. The summed E-state index contributed by atoms with van der Waals surface area (Å²) in [6.45, 7) is 8.16. The number of ketones is 1. The van der Waals surface area contributed by atoms with E-state index in [0.29, 0.717) is 36.2 Å². The summed E-state index contributed by atoms with van der Waals surface area (Å²) in [7, 11) is 0. The first-order valence-electron chi connectivity index (χ1n) is 8.90. The summed E-state index contributed by atoms with van der Waals surface area (Å²) in [4.78, 5) is 38.5. The number of hydrogen-bond donors (Lipinski definition) is 1. The van der Waals surface area contributed by atoms with Gasteiger partial charge in [-0.3, -0.25) is 19.0 Å². The Kier molecular flexibility index (Phi) is 4.57. The minimum absolute atomic E-state index is 0.0253. The third-order valence-corrected chi connectivity index (χ3v) is 4.79. The highest BCUT2D eigenvalue weighted by Gasteiger charge is 2.35. The monoisotopic (exact) mass is 352 g/mol. The highest BCUT2D eigenvalue weighted by atomic mass is 16.2. The van der Waals surface area contributed by atoms with Crippen LogP contribution in [0.3, 0.4) is 0 Å². The van der Waals surface area contributed by atoms with Crippen molar-refractivity contribution in [2.45, 2.75) is 40.5 Å². The lowest BCUT2D eigenvalue weighted by Gasteiger charge is -2.31. The summed E-state index contributed by atoms with van der Waals surface area (Å²) in [5.41, 5.74) is 2.20. The van der Waals surface area contributed by atoms with Gasteiger partial charge >= 0.3 is 0 Å². The average Bonchev–Trinajstić information content (AvgIpc) is 2.54. The van der Waals surface area contributed by atoms with Gasteiger partial charge in [-0.1, -0.05) is 31.5 Å². The molecule has 26 heavy (non-hydrogen) atoms. The molecule has 0 atom stereocenters. The largest absolute Gasteiger partial charge is 0.352 e. The van der Waals surface area contributed by atoms with Crippen LogP contribution in [0.2, 0.25) is 0 Å². The molecule has 1 aliphatic carbocycles. The van der Waals surface area contributed by atoms with E-state index in [0.717, 1.165) is 5.56 Å². The molecule has 0 aliphatic heterocycles. The van der Waals surface area contributed by atoms with E-state index in [1.807, 2.05) is 45.0 Å². The zero-order valence-corrected chi connectivity index (χ0v) is 15.7. The summed E-state index contributed by atoms with van der Waals surface area (Å²) < 4.78 is 1.42. The van der Waals surface area contributed by atoms with Gasteiger partial charge < -0.3 is 5.32 Å². The molecule has 2 aromatic rings. The molecule has 0 fully saturated rings. The minimum Gasteiger partial charge on any atom is -0.352 e. The standard InChI is InChI=1S/C21H24N2O3/c1-5-22-19(25)18-15-10-21(3,4)11-17(24)16(15)12-23(20(18)26)14-8-6-13(2)7-9-14/h6-9,12H,5,10-11H2,1-4H3,(H,22,25). The van der Waals surface area contributed by atoms with Crippen LogP contribution in [0.5, 0.6) is 0 Å². The van der Waals surface area contributed by atoms with Crippen LogP contribution in [-0.4, -0.2) is 22.8 Å². The molecule has 3 rings (SSSR count). The molecule has 0 bridgehead atoms. The first-order valence-corrected chi connectivity index (χ1v) is 8.90. The van der Waals surface area contributed by atoms with Gasteiger partial charge in [-0.05, 0) is 43.4 Å². The topological polar surface area (TPSA) is 68.2 Å². The number of fused-ring (bicyclic) bond motifs is 1. The molecule has 0 radical (unpaired) electrons. The molecular formula is C21H24N2O3. The van der Waals surface area contributed by atoms with Crippen LogP contribution in [-0.2, 0) is 6.42 Å². The van der Waals surface area contributed by atoms with E-state index in [4.69, 9.17) is 0 Å². The Morgan fingerprint density at radius 3 is 2.42 bits per heavy atom. The van der Waals surface area contributed by atoms with Crippen molar-refractivity contribution in [3.8, 4) is 5.69 Å². The van der Waals surface area contributed by atoms with Gasteiger partial charge in [-0.25, -0.2) is 0 Å². The van der Waals surface area contributed by atoms with E-state index in [1.54, 1.807) is 13.1 Å². The number of aryl methyl sites for hydroxylation is 1. The summed E-state index contributed by atoms with van der Waals surface area (Å²) >= 11 is 0. The Labute approximate surface area is 153 Å². The highest BCUT2D eigenvalue weighted by Crippen LogP contribution is 2.35. The van der Waals surface area contributed by atoms with Crippen molar-refractivity contribution in [2.24, 2.45) is 5.41 Å². The van der Waals surface area contributed by atoms with Gasteiger partial charge in [-0.2, -0.15) is 0 Å². The second kappa shape index (κ2) is 6.56. The molecule has 5 heteroatoms. The van der Waals surface area contributed by atoms with Crippen molar-refractivity contribution in [3.05, 3.63) is 63.1 Å². The number of carbonyl (C=O) groups is 2. The maximum atomic E-state index is 13.2. The Morgan fingerprint density at radius 1 is 1.15 bits per heavy atom. The molecule has 0 spiro atoms. The smallest absolute Gasteiger partial charge is 0.268 e. The number of aromatic nitrogens is 1. The summed E-state index contributed by atoms with van der Waals surface area (Å²) in [5, 5.41) is 2.72. The van der Waals surface area contributed by atoms with Gasteiger partial charge in [0.1, 0.15) is 5.56 Å². The maximum absolute atomic E-state index is 13.2. The van der Waals surface area contributed by atoms with E-state index in [1.165, 1.54) is 4.57 Å². The molecule has 5 nitrogen and oxygen atoms in total. The Morgan fingerprint density at radius 2 is 1.81 bits per heavy atom. The summed E-state index contributed by atoms with van der Waals surface area (Å²) in [6.07, 6.45) is 2.54. The van der Waals surface area contributed by atoms with Crippen molar-refractivity contribution in [1.82, 2.24) is 9.88 Å².